The van der Waals surface area contributed by atoms with Crippen LogP contribution in [-0.2, 0) is 24.7 Å². The molecule has 1 aliphatic heterocycles. The van der Waals surface area contributed by atoms with Gasteiger partial charge >= 0.3 is 11.7 Å². The van der Waals surface area contributed by atoms with Crippen molar-refractivity contribution < 1.29 is 34.3 Å². The molecule has 0 radical (unpaired) electrons. The van der Waals surface area contributed by atoms with E-state index in [1.54, 1.807) is 13.8 Å². The van der Waals surface area contributed by atoms with Crippen molar-refractivity contribution in [2.75, 3.05) is 25.6 Å². The van der Waals surface area contributed by atoms with E-state index in [4.69, 9.17) is 19.9 Å². The molecule has 11 nitrogen and oxygen atoms in total. The lowest BCUT2D eigenvalue weighted by Crippen LogP contribution is -2.56. The molecule has 1 fully saturated rings. The Bertz CT molecular complexity index is 696. The number of aliphatic hydroxyl groups is 3. The van der Waals surface area contributed by atoms with E-state index in [0.717, 1.165) is 6.20 Å². The van der Waals surface area contributed by atoms with Crippen LogP contribution in [0.15, 0.2) is 17.1 Å². The molecule has 5 N–H and O–H groups in total. The van der Waals surface area contributed by atoms with Crippen molar-refractivity contribution in [1.82, 2.24) is 9.55 Å². The SMILES string of the molecule is CCOC(C)COC(=O)[C@@]1(n2ccc(N)nc2=O)O[C@H](CO)[C@@H](O)[C@H]1O. The Morgan fingerprint density at radius 2 is 2.23 bits per heavy atom. The molecule has 26 heavy (non-hydrogen) atoms. The standard InChI is InChI=1S/C15H23N3O8/c1-3-24-8(2)7-25-13(22)15(12(21)11(20)9(6-19)26-15)18-5-4-10(16)17-14(18)23/h4-5,8-9,11-12,19-21H,3,6-7H2,1-2H3,(H2,16,17,23)/t8?,9-,11-,12-,15+/m1/s1. The summed E-state index contributed by atoms with van der Waals surface area (Å²) in [4.78, 5) is 28.5. The number of nitrogens with zero attached hydrogens (tertiary/aromatic N) is 2. The van der Waals surface area contributed by atoms with E-state index in [2.05, 4.69) is 4.98 Å². The van der Waals surface area contributed by atoms with Gasteiger partial charge in [-0.05, 0) is 19.9 Å². The van der Waals surface area contributed by atoms with Crippen LogP contribution >= 0.6 is 0 Å². The van der Waals surface area contributed by atoms with Crippen LogP contribution < -0.4 is 11.4 Å². The summed E-state index contributed by atoms with van der Waals surface area (Å²) in [5.41, 5.74) is 2.03. The fraction of sp³-hybridized carbons (Fsp3) is 0.667. The second kappa shape index (κ2) is 8.10. The summed E-state index contributed by atoms with van der Waals surface area (Å²) in [5, 5.41) is 29.9. The van der Waals surface area contributed by atoms with E-state index in [0.29, 0.717) is 11.2 Å². The minimum absolute atomic E-state index is 0.105. The Labute approximate surface area is 148 Å². The summed E-state index contributed by atoms with van der Waals surface area (Å²) in [6.07, 6.45) is -4.20. The number of ether oxygens (including phenoxy) is 3. The van der Waals surface area contributed by atoms with E-state index in [1.807, 2.05) is 0 Å². The second-order valence-corrected chi connectivity index (χ2v) is 5.84. The van der Waals surface area contributed by atoms with E-state index in [-0.39, 0.29) is 12.4 Å². The van der Waals surface area contributed by atoms with Gasteiger partial charge in [-0.2, -0.15) is 4.98 Å². The quantitative estimate of drug-likeness (QED) is 0.377. The first-order valence-electron chi connectivity index (χ1n) is 8.07. The molecule has 0 amide bonds. The Hall–Kier alpha value is -2.05. The Morgan fingerprint density at radius 1 is 1.54 bits per heavy atom. The predicted octanol–water partition coefficient (Wildman–Crippen LogP) is -2.44. The largest absolute Gasteiger partial charge is 0.459 e. The van der Waals surface area contributed by atoms with Gasteiger partial charge in [0.2, 0.25) is 0 Å². The zero-order chi connectivity index (χ0) is 19.5. The molecule has 5 atom stereocenters. The molecule has 146 valence electrons. The maximum atomic E-state index is 12.8. The number of esters is 1. The fourth-order valence-corrected chi connectivity index (χ4v) is 2.71. The first-order valence-corrected chi connectivity index (χ1v) is 8.07. The summed E-state index contributed by atoms with van der Waals surface area (Å²) in [7, 11) is 0. The molecule has 0 aromatic carbocycles. The molecule has 2 rings (SSSR count). The Kier molecular flexibility index (Phi) is 6.31. The van der Waals surface area contributed by atoms with Crippen LogP contribution in [0.5, 0.6) is 0 Å². The van der Waals surface area contributed by atoms with Gasteiger partial charge in [0.25, 0.3) is 5.72 Å². The van der Waals surface area contributed by atoms with Crippen molar-refractivity contribution in [3.8, 4) is 0 Å². The fourth-order valence-electron chi connectivity index (χ4n) is 2.71. The lowest BCUT2D eigenvalue weighted by atomic mass is 10.0. The van der Waals surface area contributed by atoms with Gasteiger partial charge in [0.15, 0.2) is 0 Å². The molecule has 1 aliphatic rings. The van der Waals surface area contributed by atoms with E-state index >= 15 is 0 Å². The normalized spacial score (nSPS) is 29.5. The molecule has 11 heteroatoms. The summed E-state index contributed by atoms with van der Waals surface area (Å²) in [6, 6.07) is 1.22. The summed E-state index contributed by atoms with van der Waals surface area (Å²) in [6.45, 7) is 2.96. The summed E-state index contributed by atoms with van der Waals surface area (Å²) < 4.78 is 16.5. The van der Waals surface area contributed by atoms with Crippen molar-refractivity contribution in [1.29, 1.82) is 0 Å². The van der Waals surface area contributed by atoms with Gasteiger partial charge in [-0.15, -0.1) is 0 Å². The number of carbonyl (C=O) groups is 1. The number of hydrogen-bond donors (Lipinski definition) is 4. The molecule has 0 bridgehead atoms. The van der Waals surface area contributed by atoms with E-state index in [9.17, 15) is 24.9 Å². The molecule has 1 unspecified atom stereocenters. The lowest BCUT2D eigenvalue weighted by molar-refractivity contribution is -0.204. The highest BCUT2D eigenvalue weighted by Crippen LogP contribution is 2.36. The van der Waals surface area contributed by atoms with Crippen molar-refractivity contribution in [3.05, 3.63) is 22.7 Å². The van der Waals surface area contributed by atoms with E-state index < -0.39 is 48.4 Å². The van der Waals surface area contributed by atoms with Crippen molar-refractivity contribution in [2.24, 2.45) is 0 Å². The molecular formula is C15H23N3O8. The van der Waals surface area contributed by atoms with Crippen LogP contribution in [0.4, 0.5) is 5.82 Å². The van der Waals surface area contributed by atoms with Crippen molar-refractivity contribution >= 4 is 11.8 Å². The number of aliphatic hydroxyl groups excluding tert-OH is 3. The summed E-state index contributed by atoms with van der Waals surface area (Å²) in [5.74, 6) is -1.24. The molecule has 0 saturated carbocycles. The average molecular weight is 373 g/mol. The molecule has 1 aromatic heterocycles. The zero-order valence-electron chi connectivity index (χ0n) is 14.4. The maximum Gasteiger partial charge on any atom is 0.363 e. The minimum Gasteiger partial charge on any atom is -0.459 e. The first-order chi connectivity index (χ1) is 12.3. The van der Waals surface area contributed by atoms with Crippen LogP contribution in [0, 0.1) is 0 Å². The number of hydrogen-bond acceptors (Lipinski definition) is 10. The monoisotopic (exact) mass is 373 g/mol. The highest BCUT2D eigenvalue weighted by Gasteiger charge is 2.62. The van der Waals surface area contributed by atoms with Gasteiger partial charge in [-0.25, -0.2) is 9.59 Å². The third-order valence-electron chi connectivity index (χ3n) is 3.99. The second-order valence-electron chi connectivity index (χ2n) is 5.84. The highest BCUT2D eigenvalue weighted by atomic mass is 16.6. The Morgan fingerprint density at radius 3 is 2.77 bits per heavy atom. The van der Waals surface area contributed by atoms with Crippen LogP contribution in [0.3, 0.4) is 0 Å². The number of carbonyl (C=O) groups excluding carboxylic acids is 1. The third-order valence-corrected chi connectivity index (χ3v) is 3.99. The topological polar surface area (TPSA) is 166 Å². The lowest BCUT2D eigenvalue weighted by Gasteiger charge is -2.31. The number of nitrogens with two attached hydrogens (primary N) is 1. The van der Waals surface area contributed by atoms with Gasteiger partial charge in [0.1, 0.15) is 30.7 Å². The molecule has 1 saturated heterocycles. The van der Waals surface area contributed by atoms with Gasteiger partial charge in [-0.3, -0.25) is 4.57 Å². The number of nitrogen functional groups attached to an aromatic ring is 1. The zero-order valence-corrected chi connectivity index (χ0v) is 14.4. The predicted molar refractivity (Wildman–Crippen MR) is 86.9 cm³/mol. The molecule has 2 heterocycles. The molecule has 0 spiro atoms. The van der Waals surface area contributed by atoms with Crippen LogP contribution in [-0.4, -0.2) is 75.1 Å². The molecule has 0 aliphatic carbocycles. The minimum atomic E-state index is -2.42. The maximum absolute atomic E-state index is 12.8. The van der Waals surface area contributed by atoms with Crippen LogP contribution in [0.1, 0.15) is 13.8 Å². The van der Waals surface area contributed by atoms with Gasteiger partial charge < -0.3 is 35.3 Å². The summed E-state index contributed by atoms with van der Waals surface area (Å²) >= 11 is 0. The van der Waals surface area contributed by atoms with Gasteiger partial charge in [-0.1, -0.05) is 0 Å². The van der Waals surface area contributed by atoms with Gasteiger partial charge in [0.05, 0.1) is 12.7 Å². The van der Waals surface area contributed by atoms with Crippen LogP contribution in [0.2, 0.25) is 0 Å². The smallest absolute Gasteiger partial charge is 0.363 e. The van der Waals surface area contributed by atoms with Crippen molar-refractivity contribution in [3.63, 3.8) is 0 Å². The van der Waals surface area contributed by atoms with Crippen molar-refractivity contribution in [2.45, 2.75) is 44.0 Å². The van der Waals surface area contributed by atoms with Gasteiger partial charge in [0, 0.05) is 12.8 Å². The Balaban J connectivity index is 2.43. The number of anilines is 1. The highest BCUT2D eigenvalue weighted by molar-refractivity contribution is 5.78. The number of rotatable bonds is 7. The first kappa shape index (κ1) is 20.3. The third kappa shape index (κ3) is 3.57. The van der Waals surface area contributed by atoms with E-state index in [1.165, 1.54) is 6.07 Å². The molecule has 1 aromatic rings. The molecular weight excluding hydrogens is 350 g/mol. The average Bonchev–Trinajstić information content (AvgIpc) is 2.85. The van der Waals surface area contributed by atoms with Crippen LogP contribution in [0.25, 0.3) is 0 Å². The number of aromatic nitrogens is 2.